The number of amides is 1. The molecule has 1 atom stereocenters. The van der Waals surface area contributed by atoms with Crippen LogP contribution in [0.15, 0.2) is 28.7 Å². The SMILES string of the molecule is COc1ccc2oc(C(=O)NCC(C)Cn3nc(C)cc3C)c(C)c2c1. The summed E-state index contributed by atoms with van der Waals surface area (Å²) >= 11 is 0. The van der Waals surface area contributed by atoms with Crippen LogP contribution in [0.4, 0.5) is 0 Å². The van der Waals surface area contributed by atoms with Gasteiger partial charge in [-0.3, -0.25) is 9.48 Å². The molecule has 0 fully saturated rings. The second-order valence-electron chi connectivity index (χ2n) is 6.84. The minimum atomic E-state index is -0.196. The minimum absolute atomic E-state index is 0.196. The Kier molecular flexibility index (Phi) is 5.02. The van der Waals surface area contributed by atoms with Crippen molar-refractivity contribution in [2.75, 3.05) is 13.7 Å². The fraction of sp³-hybridized carbons (Fsp3) is 0.400. The van der Waals surface area contributed by atoms with E-state index in [0.29, 0.717) is 17.9 Å². The number of nitrogens with one attached hydrogen (secondary N) is 1. The standard InChI is InChI=1S/C20H25N3O3/c1-12(11-23-14(3)8-13(2)22-23)10-21-20(24)19-15(4)17-9-16(25-5)6-7-18(17)26-19/h6-9,12H,10-11H2,1-5H3,(H,21,24). The summed E-state index contributed by atoms with van der Waals surface area (Å²) in [6, 6.07) is 7.58. The van der Waals surface area contributed by atoms with Gasteiger partial charge in [0.05, 0.1) is 12.8 Å². The van der Waals surface area contributed by atoms with Crippen LogP contribution in [0.25, 0.3) is 11.0 Å². The third-order valence-electron chi connectivity index (χ3n) is 4.55. The molecule has 6 nitrogen and oxygen atoms in total. The van der Waals surface area contributed by atoms with E-state index in [2.05, 4.69) is 23.4 Å². The van der Waals surface area contributed by atoms with Crippen LogP contribution in [0.1, 0.15) is 34.4 Å². The molecule has 1 amide bonds. The number of furan rings is 1. The number of hydrogen-bond donors (Lipinski definition) is 1. The number of nitrogens with zero attached hydrogens (tertiary/aromatic N) is 2. The van der Waals surface area contributed by atoms with E-state index in [1.165, 1.54) is 0 Å². The highest BCUT2D eigenvalue weighted by Gasteiger charge is 2.19. The van der Waals surface area contributed by atoms with Gasteiger partial charge in [-0.25, -0.2) is 0 Å². The van der Waals surface area contributed by atoms with E-state index < -0.39 is 0 Å². The molecule has 0 aliphatic carbocycles. The summed E-state index contributed by atoms with van der Waals surface area (Å²) in [5, 5.41) is 8.33. The second-order valence-corrected chi connectivity index (χ2v) is 6.84. The van der Waals surface area contributed by atoms with E-state index in [4.69, 9.17) is 9.15 Å². The molecule has 0 spiro atoms. The Morgan fingerprint density at radius 1 is 1.31 bits per heavy atom. The van der Waals surface area contributed by atoms with E-state index in [0.717, 1.165) is 34.6 Å². The Labute approximate surface area is 153 Å². The van der Waals surface area contributed by atoms with Gasteiger partial charge in [0.25, 0.3) is 5.91 Å². The third-order valence-corrected chi connectivity index (χ3v) is 4.55. The first-order valence-corrected chi connectivity index (χ1v) is 8.75. The average molecular weight is 355 g/mol. The minimum Gasteiger partial charge on any atom is -0.497 e. The van der Waals surface area contributed by atoms with E-state index in [9.17, 15) is 4.79 Å². The van der Waals surface area contributed by atoms with Gasteiger partial charge in [-0.1, -0.05) is 6.92 Å². The quantitative estimate of drug-likeness (QED) is 0.733. The maximum Gasteiger partial charge on any atom is 0.287 e. The summed E-state index contributed by atoms with van der Waals surface area (Å²) < 4.78 is 13.0. The maximum absolute atomic E-state index is 12.6. The molecule has 2 aromatic heterocycles. The zero-order chi connectivity index (χ0) is 18.8. The third kappa shape index (κ3) is 3.59. The Balaban J connectivity index is 1.67. The van der Waals surface area contributed by atoms with Crippen molar-refractivity contribution in [3.05, 3.63) is 47.0 Å². The van der Waals surface area contributed by atoms with Crippen molar-refractivity contribution >= 4 is 16.9 Å². The topological polar surface area (TPSA) is 69.3 Å². The van der Waals surface area contributed by atoms with Crippen molar-refractivity contribution in [3.63, 3.8) is 0 Å². The number of aromatic nitrogens is 2. The molecule has 6 heteroatoms. The number of ether oxygens (including phenoxy) is 1. The van der Waals surface area contributed by atoms with Gasteiger partial charge >= 0.3 is 0 Å². The summed E-state index contributed by atoms with van der Waals surface area (Å²) in [6.07, 6.45) is 0. The van der Waals surface area contributed by atoms with Crippen LogP contribution in [0.2, 0.25) is 0 Å². The second kappa shape index (κ2) is 7.23. The van der Waals surface area contributed by atoms with Gasteiger partial charge in [-0.2, -0.15) is 5.10 Å². The largest absolute Gasteiger partial charge is 0.497 e. The molecule has 0 aliphatic heterocycles. The van der Waals surface area contributed by atoms with E-state index in [-0.39, 0.29) is 11.8 Å². The Morgan fingerprint density at radius 2 is 2.08 bits per heavy atom. The van der Waals surface area contributed by atoms with E-state index in [1.54, 1.807) is 7.11 Å². The van der Waals surface area contributed by atoms with Crippen LogP contribution in [0.3, 0.4) is 0 Å². The molecule has 0 saturated carbocycles. The molecular formula is C20H25N3O3. The Morgan fingerprint density at radius 3 is 2.73 bits per heavy atom. The number of fused-ring (bicyclic) bond motifs is 1. The lowest BCUT2D eigenvalue weighted by Crippen LogP contribution is -2.30. The predicted octanol–water partition coefficient (Wildman–Crippen LogP) is 3.63. The van der Waals surface area contributed by atoms with Crippen LogP contribution in [-0.2, 0) is 6.54 Å². The predicted molar refractivity (Wildman–Crippen MR) is 101 cm³/mol. The highest BCUT2D eigenvalue weighted by atomic mass is 16.5. The van der Waals surface area contributed by atoms with E-state index >= 15 is 0 Å². The van der Waals surface area contributed by atoms with Gasteiger partial charge in [0.1, 0.15) is 11.3 Å². The van der Waals surface area contributed by atoms with Crippen LogP contribution in [0.5, 0.6) is 5.75 Å². The molecule has 0 aliphatic rings. The van der Waals surface area contributed by atoms with Crippen LogP contribution in [-0.4, -0.2) is 29.3 Å². The summed E-state index contributed by atoms with van der Waals surface area (Å²) in [5.41, 5.74) is 3.64. The zero-order valence-corrected chi connectivity index (χ0v) is 15.9. The van der Waals surface area contributed by atoms with Gasteiger partial charge in [-0.05, 0) is 51.0 Å². The summed E-state index contributed by atoms with van der Waals surface area (Å²) in [7, 11) is 1.62. The molecule has 26 heavy (non-hydrogen) atoms. The summed E-state index contributed by atoms with van der Waals surface area (Å²) in [5.74, 6) is 1.15. The molecule has 1 N–H and O–H groups in total. The molecule has 3 rings (SSSR count). The molecule has 3 aromatic rings. The molecular weight excluding hydrogens is 330 g/mol. The number of carbonyl (C=O) groups excluding carboxylic acids is 1. The molecule has 2 heterocycles. The first-order chi connectivity index (χ1) is 12.4. The van der Waals surface area contributed by atoms with Crippen molar-refractivity contribution < 1.29 is 13.9 Å². The normalized spacial score (nSPS) is 12.3. The van der Waals surface area contributed by atoms with Crippen molar-refractivity contribution in [2.24, 2.45) is 5.92 Å². The first-order valence-electron chi connectivity index (χ1n) is 8.75. The Hall–Kier alpha value is -2.76. The number of carbonyl (C=O) groups is 1. The van der Waals surface area contributed by atoms with Gasteiger partial charge in [0.2, 0.25) is 0 Å². The van der Waals surface area contributed by atoms with E-state index in [1.807, 2.05) is 43.7 Å². The number of hydrogen-bond acceptors (Lipinski definition) is 4. The smallest absolute Gasteiger partial charge is 0.287 e. The molecule has 0 bridgehead atoms. The van der Waals surface area contributed by atoms with Crippen molar-refractivity contribution in [1.29, 1.82) is 0 Å². The molecule has 1 aromatic carbocycles. The first kappa shape index (κ1) is 18.0. The fourth-order valence-corrected chi connectivity index (χ4v) is 3.11. The number of rotatable bonds is 6. The van der Waals surface area contributed by atoms with Crippen LogP contribution < -0.4 is 10.1 Å². The monoisotopic (exact) mass is 355 g/mol. The lowest BCUT2D eigenvalue weighted by Gasteiger charge is -2.13. The molecule has 138 valence electrons. The maximum atomic E-state index is 12.6. The molecule has 0 saturated heterocycles. The van der Waals surface area contributed by atoms with Crippen LogP contribution in [0, 0.1) is 26.7 Å². The molecule has 0 radical (unpaired) electrons. The highest BCUT2D eigenvalue weighted by Crippen LogP contribution is 2.28. The molecule has 1 unspecified atom stereocenters. The number of methoxy groups -OCH3 is 1. The van der Waals surface area contributed by atoms with Gasteiger partial charge in [-0.15, -0.1) is 0 Å². The lowest BCUT2D eigenvalue weighted by atomic mass is 10.1. The lowest BCUT2D eigenvalue weighted by molar-refractivity contribution is 0.0920. The number of aryl methyl sites for hydroxylation is 3. The van der Waals surface area contributed by atoms with Crippen molar-refractivity contribution in [1.82, 2.24) is 15.1 Å². The summed E-state index contributed by atoms with van der Waals surface area (Å²) in [6.45, 7) is 9.31. The van der Waals surface area contributed by atoms with Gasteiger partial charge in [0, 0.05) is 29.7 Å². The van der Waals surface area contributed by atoms with Crippen LogP contribution >= 0.6 is 0 Å². The zero-order valence-electron chi connectivity index (χ0n) is 15.9. The Bertz CT molecular complexity index is 939. The van der Waals surface area contributed by atoms with Gasteiger partial charge < -0.3 is 14.5 Å². The average Bonchev–Trinajstić information content (AvgIpc) is 3.11. The van der Waals surface area contributed by atoms with Crippen molar-refractivity contribution in [2.45, 2.75) is 34.2 Å². The fourth-order valence-electron chi connectivity index (χ4n) is 3.11. The summed E-state index contributed by atoms with van der Waals surface area (Å²) in [4.78, 5) is 12.6. The number of benzene rings is 1. The van der Waals surface area contributed by atoms with Gasteiger partial charge in [0.15, 0.2) is 5.76 Å². The highest BCUT2D eigenvalue weighted by molar-refractivity contribution is 5.99. The van der Waals surface area contributed by atoms with Crippen molar-refractivity contribution in [3.8, 4) is 5.75 Å².